The van der Waals surface area contributed by atoms with E-state index in [4.69, 9.17) is 4.98 Å². The van der Waals surface area contributed by atoms with Crippen LogP contribution in [0.15, 0.2) is 65.6 Å². The van der Waals surface area contributed by atoms with E-state index in [2.05, 4.69) is 57.6 Å². The molecule has 2 N–H and O–H groups in total. The number of aryl methyl sites for hydroxylation is 1. The molecule has 3 heterocycles. The van der Waals surface area contributed by atoms with Gasteiger partial charge in [-0.25, -0.2) is 4.98 Å². The lowest BCUT2D eigenvalue weighted by molar-refractivity contribution is -0.121. The van der Waals surface area contributed by atoms with Crippen LogP contribution in [-0.4, -0.2) is 64.6 Å². The largest absolute Gasteiger partial charge is 0.369 e. The third kappa shape index (κ3) is 6.27. The predicted octanol–water partition coefficient (Wildman–Crippen LogP) is 5.27. The maximum Gasteiger partial charge on any atom is 0.260 e. The summed E-state index contributed by atoms with van der Waals surface area (Å²) in [6.45, 7) is 8.18. The number of piperazine rings is 1. The molecule has 224 valence electrons. The first-order valence-electron chi connectivity index (χ1n) is 15.5. The van der Waals surface area contributed by atoms with Gasteiger partial charge in [0, 0.05) is 73.2 Å². The highest BCUT2D eigenvalue weighted by Gasteiger charge is 2.27. The van der Waals surface area contributed by atoms with E-state index in [9.17, 15) is 9.59 Å². The van der Waals surface area contributed by atoms with E-state index in [1.165, 1.54) is 11.3 Å². The zero-order chi connectivity index (χ0) is 29.9. The van der Waals surface area contributed by atoms with Gasteiger partial charge in [-0.2, -0.15) is 4.98 Å². The van der Waals surface area contributed by atoms with Crippen LogP contribution in [0.1, 0.15) is 50.6 Å². The number of hydrogen-bond donors (Lipinski definition) is 2. The van der Waals surface area contributed by atoms with Crippen LogP contribution in [-0.2, 0) is 4.79 Å². The topological polar surface area (TPSA) is 95.4 Å². The van der Waals surface area contributed by atoms with Gasteiger partial charge in [-0.3, -0.25) is 14.2 Å². The van der Waals surface area contributed by atoms with Crippen LogP contribution in [0.5, 0.6) is 0 Å². The maximum absolute atomic E-state index is 14.1. The summed E-state index contributed by atoms with van der Waals surface area (Å²) in [5.41, 5.74) is 5.49. The van der Waals surface area contributed by atoms with Crippen LogP contribution in [0, 0.1) is 6.92 Å². The average molecular weight is 580 g/mol. The van der Waals surface area contributed by atoms with Crippen molar-refractivity contribution in [2.75, 3.05) is 43.4 Å². The Hall–Kier alpha value is -4.24. The number of amides is 1. The Morgan fingerprint density at radius 1 is 0.977 bits per heavy atom. The highest BCUT2D eigenvalue weighted by molar-refractivity contribution is 5.82. The van der Waals surface area contributed by atoms with Gasteiger partial charge in [0.05, 0.1) is 0 Å². The number of aromatic nitrogens is 3. The minimum atomic E-state index is -0.0447. The van der Waals surface area contributed by atoms with E-state index in [-0.39, 0.29) is 23.6 Å². The SMILES string of the molecule is CCC(=O)N[C@H]1CC[C@H](n2c(=O)c(-c3ccccc3)cc3cnc(Nc4ccc(N5CCN(C)CC5)c(C)c4)nc32)CC1. The maximum atomic E-state index is 14.1. The molecular weight excluding hydrogens is 538 g/mol. The van der Waals surface area contributed by atoms with E-state index in [0.717, 1.165) is 68.5 Å². The minimum absolute atomic E-state index is 0.0127. The predicted molar refractivity (Wildman–Crippen MR) is 173 cm³/mol. The third-order valence-corrected chi connectivity index (χ3v) is 8.90. The molecular formula is C34H41N7O2. The molecule has 2 aromatic heterocycles. The van der Waals surface area contributed by atoms with Crippen LogP contribution >= 0.6 is 0 Å². The minimum Gasteiger partial charge on any atom is -0.369 e. The fourth-order valence-electron chi connectivity index (χ4n) is 6.42. The quantitative estimate of drug-likeness (QED) is 0.308. The molecule has 1 saturated heterocycles. The van der Waals surface area contributed by atoms with Crippen LogP contribution in [0.4, 0.5) is 17.3 Å². The normalized spacial score (nSPS) is 19.4. The van der Waals surface area contributed by atoms with Crippen LogP contribution in [0.25, 0.3) is 22.2 Å². The Bertz CT molecular complexity index is 1650. The number of pyridine rings is 1. The number of carbonyl (C=O) groups excluding carboxylic acids is 1. The molecule has 2 aromatic carbocycles. The van der Waals surface area contributed by atoms with Gasteiger partial charge in [-0.15, -0.1) is 0 Å². The number of fused-ring (bicyclic) bond motifs is 1. The molecule has 1 saturated carbocycles. The fraction of sp³-hybridized carbons (Fsp3) is 0.412. The van der Waals surface area contributed by atoms with Gasteiger partial charge in [0.1, 0.15) is 5.65 Å². The summed E-state index contributed by atoms with van der Waals surface area (Å²) < 4.78 is 1.88. The van der Waals surface area contributed by atoms with Crippen molar-refractivity contribution in [2.45, 2.75) is 58.0 Å². The number of benzene rings is 2. The zero-order valence-electron chi connectivity index (χ0n) is 25.3. The monoisotopic (exact) mass is 579 g/mol. The van der Waals surface area contributed by atoms with Crippen molar-refractivity contribution in [1.29, 1.82) is 0 Å². The highest BCUT2D eigenvalue weighted by atomic mass is 16.1. The molecule has 0 spiro atoms. The molecule has 1 aliphatic carbocycles. The molecule has 9 nitrogen and oxygen atoms in total. The van der Waals surface area contributed by atoms with Gasteiger partial charge in [0.2, 0.25) is 11.9 Å². The number of nitrogens with zero attached hydrogens (tertiary/aromatic N) is 5. The highest BCUT2D eigenvalue weighted by Crippen LogP contribution is 2.32. The smallest absolute Gasteiger partial charge is 0.260 e. The zero-order valence-corrected chi connectivity index (χ0v) is 25.3. The first-order valence-corrected chi connectivity index (χ1v) is 15.5. The summed E-state index contributed by atoms with van der Waals surface area (Å²) in [6, 6.07) is 18.2. The first-order chi connectivity index (χ1) is 20.9. The molecule has 6 rings (SSSR count). The lowest BCUT2D eigenvalue weighted by Gasteiger charge is -2.35. The average Bonchev–Trinajstić information content (AvgIpc) is 3.02. The summed E-state index contributed by atoms with van der Waals surface area (Å²) in [5.74, 6) is 0.538. The fourth-order valence-corrected chi connectivity index (χ4v) is 6.42. The molecule has 9 heteroatoms. The molecule has 0 atom stereocenters. The molecule has 2 fully saturated rings. The van der Waals surface area contributed by atoms with E-state index < -0.39 is 0 Å². The number of rotatable bonds is 7. The Morgan fingerprint density at radius 3 is 2.42 bits per heavy atom. The molecule has 4 aromatic rings. The van der Waals surface area contributed by atoms with Crippen molar-refractivity contribution >= 4 is 34.3 Å². The van der Waals surface area contributed by atoms with Crippen LogP contribution in [0.3, 0.4) is 0 Å². The van der Waals surface area contributed by atoms with Crippen molar-refractivity contribution in [3.8, 4) is 11.1 Å². The second-order valence-corrected chi connectivity index (χ2v) is 11.9. The van der Waals surface area contributed by atoms with Crippen molar-refractivity contribution in [2.24, 2.45) is 0 Å². The van der Waals surface area contributed by atoms with Crippen LogP contribution in [0.2, 0.25) is 0 Å². The van der Waals surface area contributed by atoms with Gasteiger partial charge < -0.3 is 20.4 Å². The second-order valence-electron chi connectivity index (χ2n) is 11.9. The Labute approximate surface area is 253 Å². The summed E-state index contributed by atoms with van der Waals surface area (Å²) in [7, 11) is 2.17. The summed E-state index contributed by atoms with van der Waals surface area (Å²) in [5, 5.41) is 7.35. The third-order valence-electron chi connectivity index (χ3n) is 8.90. The number of anilines is 3. The van der Waals surface area contributed by atoms with E-state index in [0.29, 0.717) is 23.6 Å². The standard InChI is InChI=1S/C34H41N7O2/c1-4-31(42)36-26-10-13-28(14-11-26)41-32-25(21-29(33(41)43)24-8-6-5-7-9-24)22-35-34(38-32)37-27-12-15-30(23(2)20-27)40-18-16-39(3)17-19-40/h5-9,12,15,20-22,26,28H,4,10-11,13-14,16-19H2,1-3H3,(H,36,42)(H,35,37,38)/t26-,28-. The molecule has 1 aliphatic heterocycles. The number of nitrogens with one attached hydrogen (secondary N) is 2. The Kier molecular flexibility index (Phi) is 8.42. The van der Waals surface area contributed by atoms with E-state index in [1.54, 1.807) is 0 Å². The number of hydrogen-bond acceptors (Lipinski definition) is 7. The van der Waals surface area contributed by atoms with Gasteiger partial charge in [0.15, 0.2) is 0 Å². The van der Waals surface area contributed by atoms with Gasteiger partial charge >= 0.3 is 0 Å². The van der Waals surface area contributed by atoms with Crippen molar-refractivity contribution < 1.29 is 4.79 Å². The Balaban J connectivity index is 1.32. The van der Waals surface area contributed by atoms with Crippen molar-refractivity contribution in [3.63, 3.8) is 0 Å². The van der Waals surface area contributed by atoms with Crippen LogP contribution < -0.4 is 21.1 Å². The van der Waals surface area contributed by atoms with E-state index >= 15 is 0 Å². The van der Waals surface area contributed by atoms with Gasteiger partial charge in [-0.1, -0.05) is 37.3 Å². The molecule has 0 unspecified atom stereocenters. The molecule has 43 heavy (non-hydrogen) atoms. The van der Waals surface area contributed by atoms with Gasteiger partial charge in [-0.05, 0) is 75.0 Å². The molecule has 1 amide bonds. The van der Waals surface area contributed by atoms with Gasteiger partial charge in [0.25, 0.3) is 5.56 Å². The Morgan fingerprint density at radius 2 is 1.72 bits per heavy atom. The number of likely N-dealkylation sites (N-methyl/N-ethyl adjacent to an activating group) is 1. The molecule has 2 aliphatic rings. The molecule has 0 bridgehead atoms. The summed E-state index contributed by atoms with van der Waals surface area (Å²) in [6.07, 6.45) is 5.53. The van der Waals surface area contributed by atoms with Crippen molar-refractivity contribution in [3.05, 3.63) is 76.7 Å². The summed E-state index contributed by atoms with van der Waals surface area (Å²) >= 11 is 0. The lowest BCUT2D eigenvalue weighted by atomic mass is 9.90. The second kappa shape index (κ2) is 12.6. The lowest BCUT2D eigenvalue weighted by Crippen LogP contribution is -2.44. The van der Waals surface area contributed by atoms with E-state index in [1.807, 2.05) is 54.1 Å². The number of carbonyl (C=O) groups is 1. The first kappa shape index (κ1) is 28.9. The van der Waals surface area contributed by atoms with Crippen molar-refractivity contribution in [1.82, 2.24) is 24.8 Å². The molecule has 0 radical (unpaired) electrons. The summed E-state index contributed by atoms with van der Waals surface area (Å²) in [4.78, 5) is 40.5.